The third-order valence-electron chi connectivity index (χ3n) is 2.61. The van der Waals surface area contributed by atoms with Crippen molar-refractivity contribution >= 4 is 5.97 Å². The van der Waals surface area contributed by atoms with E-state index in [9.17, 15) is 4.79 Å². The Hall–Kier alpha value is -2.81. The van der Waals surface area contributed by atoms with Crippen molar-refractivity contribution in [3.05, 3.63) is 41.6 Å². The summed E-state index contributed by atoms with van der Waals surface area (Å²) in [6, 6.07) is 10.3. The molecular formula is C14H13N3O3. The van der Waals surface area contributed by atoms with Gasteiger partial charge in [0.1, 0.15) is 0 Å². The molecule has 1 aromatic heterocycles. The zero-order valence-electron chi connectivity index (χ0n) is 11.2. The fraction of sp³-hybridized carbons (Fsp3) is 0.214. The normalized spacial score (nSPS) is 9.85. The Bertz CT molecular complexity index is 653. The lowest BCUT2D eigenvalue weighted by molar-refractivity contribution is 0.0519. The van der Waals surface area contributed by atoms with Crippen LogP contribution in [0.15, 0.2) is 30.3 Å². The number of rotatable bonds is 4. The molecule has 2 rings (SSSR count). The third kappa shape index (κ3) is 2.62. The predicted molar refractivity (Wildman–Crippen MR) is 70.8 cm³/mol. The highest BCUT2D eigenvalue weighted by atomic mass is 16.5. The van der Waals surface area contributed by atoms with Gasteiger partial charge in [0.15, 0.2) is 5.69 Å². The highest BCUT2D eigenvalue weighted by Gasteiger charge is 2.16. The van der Waals surface area contributed by atoms with Gasteiger partial charge in [-0.15, -0.1) is 0 Å². The lowest BCUT2D eigenvalue weighted by Crippen LogP contribution is -2.06. The van der Waals surface area contributed by atoms with Gasteiger partial charge in [0.05, 0.1) is 31.0 Å². The van der Waals surface area contributed by atoms with Crippen LogP contribution in [0.2, 0.25) is 0 Å². The first-order valence-electron chi connectivity index (χ1n) is 6.01. The zero-order chi connectivity index (χ0) is 14.5. The molecule has 1 aromatic carbocycles. The molecule has 102 valence electrons. The highest BCUT2D eigenvalue weighted by molar-refractivity contribution is 5.87. The molecule has 0 unspecified atom stereocenters. The van der Waals surface area contributed by atoms with Crippen LogP contribution in [0.3, 0.4) is 0 Å². The average Bonchev–Trinajstić information content (AvgIpc) is 2.92. The maximum Gasteiger partial charge on any atom is 0.358 e. The number of carbonyl (C=O) groups excluding carboxylic acids is 1. The Morgan fingerprint density at radius 1 is 1.40 bits per heavy atom. The first-order chi connectivity index (χ1) is 9.69. The number of esters is 1. The van der Waals surface area contributed by atoms with Crippen molar-refractivity contribution in [1.82, 2.24) is 9.78 Å². The Kier molecular flexibility index (Phi) is 4.01. The van der Waals surface area contributed by atoms with Gasteiger partial charge in [0.2, 0.25) is 5.88 Å². The van der Waals surface area contributed by atoms with E-state index in [0.717, 1.165) is 0 Å². The Morgan fingerprint density at radius 3 is 2.65 bits per heavy atom. The van der Waals surface area contributed by atoms with Gasteiger partial charge in [-0.3, -0.25) is 0 Å². The van der Waals surface area contributed by atoms with Crippen molar-refractivity contribution in [2.45, 2.75) is 6.92 Å². The molecular weight excluding hydrogens is 258 g/mol. The molecule has 2 aromatic rings. The number of benzene rings is 1. The standard InChI is InChI=1S/C14H13N3O3/c1-3-20-14(18)12-8-13(19-2)17(16-12)11-6-4-10(9-15)5-7-11/h4-8H,3H2,1-2H3. The Morgan fingerprint density at radius 2 is 2.10 bits per heavy atom. The summed E-state index contributed by atoms with van der Waals surface area (Å²) in [6.45, 7) is 2.01. The quantitative estimate of drug-likeness (QED) is 0.794. The van der Waals surface area contributed by atoms with E-state index in [4.69, 9.17) is 14.7 Å². The van der Waals surface area contributed by atoms with E-state index >= 15 is 0 Å². The summed E-state index contributed by atoms with van der Waals surface area (Å²) in [5, 5.41) is 12.9. The summed E-state index contributed by atoms with van der Waals surface area (Å²) in [4.78, 5) is 11.7. The van der Waals surface area contributed by atoms with E-state index in [1.54, 1.807) is 31.2 Å². The molecule has 0 radical (unpaired) electrons. The lowest BCUT2D eigenvalue weighted by Gasteiger charge is -2.05. The monoisotopic (exact) mass is 271 g/mol. The van der Waals surface area contributed by atoms with Gasteiger partial charge in [-0.25, -0.2) is 9.48 Å². The van der Waals surface area contributed by atoms with Crippen LogP contribution in [0.1, 0.15) is 23.0 Å². The van der Waals surface area contributed by atoms with Gasteiger partial charge in [-0.2, -0.15) is 10.4 Å². The van der Waals surface area contributed by atoms with E-state index in [1.807, 2.05) is 6.07 Å². The summed E-state index contributed by atoms with van der Waals surface area (Å²) in [5.74, 6) is -0.0871. The molecule has 0 saturated carbocycles. The topological polar surface area (TPSA) is 77.1 Å². The molecule has 0 spiro atoms. The van der Waals surface area contributed by atoms with Gasteiger partial charge >= 0.3 is 5.97 Å². The minimum atomic E-state index is -0.502. The number of hydrogen-bond acceptors (Lipinski definition) is 5. The maximum absolute atomic E-state index is 11.7. The molecule has 0 aliphatic rings. The molecule has 0 atom stereocenters. The first kappa shape index (κ1) is 13.6. The molecule has 20 heavy (non-hydrogen) atoms. The molecule has 0 bridgehead atoms. The fourth-order valence-corrected chi connectivity index (χ4v) is 1.68. The summed E-state index contributed by atoms with van der Waals surface area (Å²) < 4.78 is 11.6. The summed E-state index contributed by atoms with van der Waals surface area (Å²) in [6.07, 6.45) is 0. The van der Waals surface area contributed by atoms with Crippen molar-refractivity contribution in [2.75, 3.05) is 13.7 Å². The molecule has 6 heteroatoms. The molecule has 0 saturated heterocycles. The Balaban J connectivity index is 2.39. The van der Waals surface area contributed by atoms with E-state index in [2.05, 4.69) is 5.10 Å². The van der Waals surface area contributed by atoms with Crippen LogP contribution >= 0.6 is 0 Å². The Labute approximate surface area is 116 Å². The van der Waals surface area contributed by atoms with Gasteiger partial charge in [-0.1, -0.05) is 0 Å². The number of ether oxygens (including phenoxy) is 2. The minimum Gasteiger partial charge on any atom is -0.481 e. The molecule has 6 nitrogen and oxygen atoms in total. The van der Waals surface area contributed by atoms with Gasteiger partial charge in [0, 0.05) is 6.07 Å². The number of methoxy groups -OCH3 is 1. The van der Waals surface area contributed by atoms with Crippen molar-refractivity contribution < 1.29 is 14.3 Å². The third-order valence-corrected chi connectivity index (χ3v) is 2.61. The SMILES string of the molecule is CCOC(=O)c1cc(OC)n(-c2ccc(C#N)cc2)n1. The van der Waals surface area contributed by atoms with Crippen LogP contribution in [0.25, 0.3) is 5.69 Å². The molecule has 0 fully saturated rings. The van der Waals surface area contributed by atoms with Crippen molar-refractivity contribution in [3.8, 4) is 17.6 Å². The van der Waals surface area contributed by atoms with Crippen LogP contribution in [0.4, 0.5) is 0 Å². The van der Waals surface area contributed by atoms with Gasteiger partial charge < -0.3 is 9.47 Å². The summed E-state index contributed by atoms with van der Waals surface area (Å²) in [5.41, 5.74) is 1.41. The second-order valence-corrected chi connectivity index (χ2v) is 3.86. The number of carbonyl (C=O) groups is 1. The molecule has 0 aliphatic heterocycles. The highest BCUT2D eigenvalue weighted by Crippen LogP contribution is 2.20. The summed E-state index contributed by atoms with van der Waals surface area (Å²) in [7, 11) is 1.49. The van der Waals surface area contributed by atoms with Crippen molar-refractivity contribution in [2.24, 2.45) is 0 Å². The second-order valence-electron chi connectivity index (χ2n) is 3.86. The van der Waals surface area contributed by atoms with Gasteiger partial charge in [-0.05, 0) is 31.2 Å². The van der Waals surface area contributed by atoms with Crippen molar-refractivity contribution in [3.63, 3.8) is 0 Å². The van der Waals surface area contributed by atoms with Gasteiger partial charge in [0.25, 0.3) is 0 Å². The minimum absolute atomic E-state index is 0.174. The molecule has 1 heterocycles. The number of aromatic nitrogens is 2. The molecule has 0 N–H and O–H groups in total. The van der Waals surface area contributed by atoms with E-state index in [1.165, 1.54) is 17.9 Å². The fourth-order valence-electron chi connectivity index (χ4n) is 1.68. The number of hydrogen-bond donors (Lipinski definition) is 0. The van der Waals surface area contributed by atoms with Crippen LogP contribution in [0.5, 0.6) is 5.88 Å². The molecule has 0 amide bonds. The largest absolute Gasteiger partial charge is 0.481 e. The summed E-state index contributed by atoms with van der Waals surface area (Å²) >= 11 is 0. The van der Waals surface area contributed by atoms with E-state index in [0.29, 0.717) is 17.1 Å². The van der Waals surface area contributed by atoms with Crippen LogP contribution < -0.4 is 4.74 Å². The predicted octanol–water partition coefficient (Wildman–Crippen LogP) is 1.93. The van der Waals surface area contributed by atoms with Crippen LogP contribution in [-0.4, -0.2) is 29.5 Å². The maximum atomic E-state index is 11.7. The molecule has 0 aliphatic carbocycles. The lowest BCUT2D eigenvalue weighted by atomic mass is 10.2. The zero-order valence-corrected chi connectivity index (χ0v) is 11.2. The van der Waals surface area contributed by atoms with E-state index < -0.39 is 5.97 Å². The average molecular weight is 271 g/mol. The van der Waals surface area contributed by atoms with Crippen LogP contribution in [0, 0.1) is 11.3 Å². The smallest absolute Gasteiger partial charge is 0.358 e. The van der Waals surface area contributed by atoms with Crippen molar-refractivity contribution in [1.29, 1.82) is 5.26 Å². The first-order valence-corrected chi connectivity index (χ1v) is 6.01. The number of nitrogens with zero attached hydrogens (tertiary/aromatic N) is 3. The van der Waals surface area contributed by atoms with E-state index in [-0.39, 0.29) is 12.3 Å². The second kappa shape index (κ2) is 5.89. The van der Waals surface area contributed by atoms with Crippen LogP contribution in [-0.2, 0) is 4.74 Å². The number of nitriles is 1.